The summed E-state index contributed by atoms with van der Waals surface area (Å²) in [6, 6.07) is -0.597. The number of aliphatic hydroxyl groups excluding tert-OH is 1. The van der Waals surface area contributed by atoms with Gasteiger partial charge in [0.15, 0.2) is 0 Å². The lowest BCUT2D eigenvalue weighted by atomic mass is 9.65. The summed E-state index contributed by atoms with van der Waals surface area (Å²) in [5.41, 5.74) is 0. The highest BCUT2D eigenvalue weighted by molar-refractivity contribution is 8.02. The molecule has 3 aliphatic heterocycles. The van der Waals surface area contributed by atoms with E-state index in [1.807, 2.05) is 23.6 Å². The van der Waals surface area contributed by atoms with Gasteiger partial charge in [0.05, 0.1) is 16.6 Å². The first-order chi connectivity index (χ1) is 16.7. The van der Waals surface area contributed by atoms with Crippen LogP contribution in [0.5, 0.6) is 0 Å². The summed E-state index contributed by atoms with van der Waals surface area (Å²) in [5, 5.41) is 9.15. The molecule has 3 fully saturated rings. The van der Waals surface area contributed by atoms with E-state index < -0.39 is 22.6 Å². The first-order valence-corrected chi connectivity index (χ1v) is 13.9. The Bertz CT molecular complexity index is 833. The molecule has 6 atom stereocenters. The highest BCUT2D eigenvalue weighted by atomic mass is 32.2. The van der Waals surface area contributed by atoms with Crippen LogP contribution in [0.4, 0.5) is 0 Å². The van der Waals surface area contributed by atoms with Crippen LogP contribution in [-0.4, -0.2) is 92.9 Å². The maximum absolute atomic E-state index is 14.2. The minimum Gasteiger partial charge on any atom is -0.396 e. The van der Waals surface area contributed by atoms with Crippen LogP contribution in [0.2, 0.25) is 0 Å². The van der Waals surface area contributed by atoms with Gasteiger partial charge in [0, 0.05) is 44.6 Å². The normalized spacial score (nSPS) is 31.1. The Morgan fingerprint density at radius 1 is 1.17 bits per heavy atom. The lowest BCUT2D eigenvalue weighted by Crippen LogP contribution is -2.58. The molecule has 0 aromatic rings. The minimum absolute atomic E-state index is 0.0164. The molecule has 3 aliphatic rings. The maximum Gasteiger partial charge on any atom is 0.247 e. The van der Waals surface area contributed by atoms with E-state index in [4.69, 9.17) is 5.11 Å². The molecule has 0 aromatic heterocycles. The highest BCUT2D eigenvalue weighted by Gasteiger charge is 2.76. The summed E-state index contributed by atoms with van der Waals surface area (Å²) in [6.07, 6.45) is 7.57. The van der Waals surface area contributed by atoms with Gasteiger partial charge >= 0.3 is 0 Å². The van der Waals surface area contributed by atoms with Gasteiger partial charge < -0.3 is 19.8 Å². The van der Waals surface area contributed by atoms with Crippen molar-refractivity contribution in [1.29, 1.82) is 0 Å². The summed E-state index contributed by atoms with van der Waals surface area (Å²) in [6.45, 7) is 15.3. The number of hydrogen-bond donors (Lipinski definition) is 1. The van der Waals surface area contributed by atoms with Crippen molar-refractivity contribution in [2.75, 3.05) is 33.3 Å². The molecule has 1 spiro atoms. The second-order valence-electron chi connectivity index (χ2n) is 10.6. The van der Waals surface area contributed by atoms with E-state index in [2.05, 4.69) is 20.1 Å². The molecule has 3 unspecified atom stereocenters. The predicted molar refractivity (Wildman–Crippen MR) is 141 cm³/mol. The predicted octanol–water partition coefficient (Wildman–Crippen LogP) is 2.94. The van der Waals surface area contributed by atoms with E-state index in [1.165, 1.54) is 0 Å². The molecule has 1 N–H and O–H groups in total. The standard InChI is InChI=1S/C27H43N3O4S/c1-7-13-28(6)24(32)21-20-17-19(5)27(35-20)22(21)25(33)30(15-11-9-10-12-16-31)23(27)26(34)29(14-8-2)18(3)4/h7-8,18-23,31H,1-2,9-17H2,3-6H3/t19?,20-,21+,22-,23?,27?/m0/s1. The molecule has 3 heterocycles. The number of unbranched alkanes of at least 4 members (excludes halogenated alkanes) is 3. The molecule has 3 amide bonds. The van der Waals surface area contributed by atoms with Gasteiger partial charge in [-0.2, -0.15) is 0 Å². The fourth-order valence-corrected chi connectivity index (χ4v) is 8.87. The lowest BCUT2D eigenvalue weighted by Gasteiger charge is -2.41. The topological polar surface area (TPSA) is 81.2 Å². The van der Waals surface area contributed by atoms with Crippen molar-refractivity contribution in [3.63, 3.8) is 0 Å². The molecule has 0 radical (unpaired) electrons. The number of nitrogens with zero attached hydrogens (tertiary/aromatic N) is 3. The summed E-state index contributed by atoms with van der Waals surface area (Å²) >= 11 is 1.73. The summed E-state index contributed by atoms with van der Waals surface area (Å²) < 4.78 is -0.590. The van der Waals surface area contributed by atoms with Gasteiger partial charge in [0.2, 0.25) is 17.7 Å². The number of fused-ring (bicyclic) bond motifs is 1. The summed E-state index contributed by atoms with van der Waals surface area (Å²) in [4.78, 5) is 47.1. The third-order valence-electron chi connectivity index (χ3n) is 8.08. The number of amides is 3. The molecule has 196 valence electrons. The first-order valence-electron chi connectivity index (χ1n) is 13.0. The molecule has 7 nitrogen and oxygen atoms in total. The molecule has 0 aliphatic carbocycles. The van der Waals surface area contributed by atoms with Crippen LogP contribution in [0.3, 0.4) is 0 Å². The zero-order valence-corrected chi connectivity index (χ0v) is 22.6. The molecule has 0 aromatic carbocycles. The number of likely N-dealkylation sites (tertiary alicyclic amines) is 1. The van der Waals surface area contributed by atoms with Crippen LogP contribution in [0, 0.1) is 17.8 Å². The fourth-order valence-electron chi connectivity index (χ4n) is 6.46. The van der Waals surface area contributed by atoms with Crippen LogP contribution in [0.25, 0.3) is 0 Å². The van der Waals surface area contributed by atoms with Gasteiger partial charge in [0.25, 0.3) is 0 Å². The average Bonchev–Trinajstić information content (AvgIpc) is 3.40. The Morgan fingerprint density at radius 3 is 2.43 bits per heavy atom. The molecule has 2 bridgehead atoms. The van der Waals surface area contributed by atoms with Gasteiger partial charge in [-0.3, -0.25) is 14.4 Å². The third kappa shape index (κ3) is 4.80. The Kier molecular flexibility index (Phi) is 9.13. The zero-order chi connectivity index (χ0) is 25.9. The van der Waals surface area contributed by atoms with Crippen molar-refractivity contribution >= 4 is 29.5 Å². The highest BCUT2D eigenvalue weighted by Crippen LogP contribution is 2.68. The average molecular weight is 506 g/mol. The van der Waals surface area contributed by atoms with Crippen LogP contribution >= 0.6 is 11.8 Å². The summed E-state index contributed by atoms with van der Waals surface area (Å²) in [7, 11) is 1.77. The van der Waals surface area contributed by atoms with Crippen LogP contribution in [0.15, 0.2) is 25.3 Å². The SMILES string of the molecule is C=CCN(C)C(=O)[C@@H]1[C@@H]2CC(C)C3(S2)C(C(=O)N(CC=C)C(C)C)N(CCCCCCO)C(=O)[C@H]13. The number of likely N-dealkylation sites (N-methyl/N-ethyl adjacent to an activating group) is 1. The van der Waals surface area contributed by atoms with Crippen molar-refractivity contribution < 1.29 is 19.5 Å². The Morgan fingerprint density at radius 2 is 1.83 bits per heavy atom. The largest absolute Gasteiger partial charge is 0.396 e. The first kappa shape index (κ1) is 27.8. The number of rotatable bonds is 13. The van der Waals surface area contributed by atoms with E-state index in [9.17, 15) is 14.4 Å². The monoisotopic (exact) mass is 505 g/mol. The van der Waals surface area contributed by atoms with E-state index in [-0.39, 0.29) is 41.5 Å². The van der Waals surface area contributed by atoms with Gasteiger partial charge in [-0.25, -0.2) is 0 Å². The molecule has 3 rings (SSSR count). The van der Waals surface area contributed by atoms with Gasteiger partial charge in [0.1, 0.15) is 6.04 Å². The van der Waals surface area contributed by atoms with E-state index >= 15 is 0 Å². The lowest BCUT2D eigenvalue weighted by molar-refractivity contribution is -0.144. The van der Waals surface area contributed by atoms with Crippen molar-refractivity contribution in [2.45, 2.75) is 75.0 Å². The Hall–Kier alpha value is -1.80. The number of hydrogen-bond acceptors (Lipinski definition) is 5. The summed E-state index contributed by atoms with van der Waals surface area (Å²) in [5.74, 6) is -0.817. The van der Waals surface area contributed by atoms with E-state index in [1.54, 1.807) is 35.9 Å². The Balaban J connectivity index is 2.00. The molecular formula is C27H43N3O4S. The Labute approximate surface area is 215 Å². The number of carbonyl (C=O) groups is 3. The third-order valence-corrected chi connectivity index (χ3v) is 10.2. The van der Waals surface area contributed by atoms with Crippen LogP contribution in [-0.2, 0) is 14.4 Å². The number of carbonyl (C=O) groups excluding carboxylic acids is 3. The molecular weight excluding hydrogens is 462 g/mol. The molecule has 35 heavy (non-hydrogen) atoms. The number of thioether (sulfide) groups is 1. The van der Waals surface area contributed by atoms with Gasteiger partial charge in [-0.1, -0.05) is 31.9 Å². The second-order valence-corrected chi connectivity index (χ2v) is 12.2. The second kappa shape index (κ2) is 11.5. The zero-order valence-electron chi connectivity index (χ0n) is 21.8. The molecule has 8 heteroatoms. The van der Waals surface area contributed by atoms with E-state index in [0.29, 0.717) is 19.6 Å². The van der Waals surface area contributed by atoms with Crippen molar-refractivity contribution in [1.82, 2.24) is 14.7 Å². The van der Waals surface area contributed by atoms with Crippen LogP contribution in [0.1, 0.15) is 52.9 Å². The maximum atomic E-state index is 14.2. The van der Waals surface area contributed by atoms with Gasteiger partial charge in [-0.15, -0.1) is 24.9 Å². The van der Waals surface area contributed by atoms with Gasteiger partial charge in [-0.05, 0) is 39.0 Å². The van der Waals surface area contributed by atoms with Crippen molar-refractivity contribution in [3.8, 4) is 0 Å². The fraction of sp³-hybridized carbons (Fsp3) is 0.741. The smallest absolute Gasteiger partial charge is 0.247 e. The van der Waals surface area contributed by atoms with Crippen LogP contribution < -0.4 is 0 Å². The van der Waals surface area contributed by atoms with Crippen molar-refractivity contribution in [3.05, 3.63) is 25.3 Å². The quantitative estimate of drug-likeness (QED) is 0.308. The molecule has 0 saturated carbocycles. The van der Waals surface area contributed by atoms with E-state index in [0.717, 1.165) is 32.1 Å². The minimum atomic E-state index is -0.590. The van der Waals surface area contributed by atoms with Crippen molar-refractivity contribution in [2.24, 2.45) is 17.8 Å². The molecule has 3 saturated heterocycles. The number of aliphatic hydroxyl groups is 1.